The van der Waals surface area contributed by atoms with Crippen LogP contribution in [0.15, 0.2) is 29.7 Å². The number of carbonyl (C=O) groups is 1. The second kappa shape index (κ2) is 6.86. The number of sulfonamides is 1. The number of carbonyl (C=O) groups excluding carboxylic acids is 1. The molecule has 6 heteroatoms. The van der Waals surface area contributed by atoms with Gasteiger partial charge in [0, 0.05) is 22.9 Å². The van der Waals surface area contributed by atoms with E-state index < -0.39 is 10.0 Å². The number of hydrogen-bond donors (Lipinski definition) is 1. The zero-order valence-electron chi connectivity index (χ0n) is 14.5. The highest BCUT2D eigenvalue weighted by Gasteiger charge is 2.57. The predicted molar refractivity (Wildman–Crippen MR) is 100 cm³/mol. The molecule has 3 saturated carbocycles. The third-order valence-corrected chi connectivity index (χ3v) is 7.49. The van der Waals surface area contributed by atoms with Gasteiger partial charge in [-0.2, -0.15) is 0 Å². The summed E-state index contributed by atoms with van der Waals surface area (Å²) in [6.45, 7) is 4.46. The molecule has 0 aliphatic heterocycles. The molecule has 1 aromatic carbocycles. The van der Waals surface area contributed by atoms with Gasteiger partial charge < -0.3 is 4.79 Å². The van der Waals surface area contributed by atoms with E-state index in [1.807, 2.05) is 0 Å². The standard InChI is InChI=1S/C19H24ClNO3S/c1-19(2)14-11-17(19)16(7-9-22)18(12-14)21-25(23,24)10-8-13-3-5-15(20)6-4-13/h3-6,8-10,14,16-18,21H,7,11-12H2,1-2H3/b10-8+/t14-,16+,17+,18+/m1/s1. The van der Waals surface area contributed by atoms with E-state index in [1.54, 1.807) is 30.3 Å². The maximum absolute atomic E-state index is 12.5. The van der Waals surface area contributed by atoms with E-state index in [0.29, 0.717) is 23.3 Å². The molecule has 25 heavy (non-hydrogen) atoms. The maximum atomic E-state index is 12.5. The van der Waals surface area contributed by atoms with Gasteiger partial charge in [-0.15, -0.1) is 0 Å². The fourth-order valence-electron chi connectivity index (χ4n) is 4.51. The summed E-state index contributed by atoms with van der Waals surface area (Å²) in [7, 11) is -3.56. The lowest BCUT2D eigenvalue weighted by Crippen LogP contribution is -2.61. The van der Waals surface area contributed by atoms with E-state index in [9.17, 15) is 13.2 Å². The minimum atomic E-state index is -3.56. The van der Waals surface area contributed by atoms with Gasteiger partial charge in [-0.3, -0.25) is 0 Å². The fraction of sp³-hybridized carbons (Fsp3) is 0.526. The summed E-state index contributed by atoms with van der Waals surface area (Å²) in [4.78, 5) is 11.1. The second-order valence-corrected chi connectivity index (χ2v) is 9.82. The van der Waals surface area contributed by atoms with Crippen LogP contribution in [0.1, 0.15) is 38.7 Å². The number of halogens is 1. The summed E-state index contributed by atoms with van der Waals surface area (Å²) in [6, 6.07) is 6.81. The van der Waals surface area contributed by atoms with Gasteiger partial charge in [0.05, 0.1) is 0 Å². The molecule has 0 heterocycles. The quantitative estimate of drug-likeness (QED) is 0.761. The Kier molecular flexibility index (Phi) is 5.11. The van der Waals surface area contributed by atoms with Crippen LogP contribution in [0.3, 0.4) is 0 Å². The summed E-state index contributed by atoms with van der Waals surface area (Å²) in [5.41, 5.74) is 0.973. The summed E-state index contributed by atoms with van der Waals surface area (Å²) in [5, 5.41) is 1.80. The first-order valence-electron chi connectivity index (χ1n) is 8.62. The van der Waals surface area contributed by atoms with Gasteiger partial charge in [-0.1, -0.05) is 37.6 Å². The van der Waals surface area contributed by atoms with Crippen LogP contribution in [0.2, 0.25) is 5.02 Å². The molecule has 0 saturated heterocycles. The monoisotopic (exact) mass is 381 g/mol. The lowest BCUT2D eigenvalue weighted by atomic mass is 9.44. The van der Waals surface area contributed by atoms with Crippen molar-refractivity contribution in [1.82, 2.24) is 4.72 Å². The highest BCUT2D eigenvalue weighted by Crippen LogP contribution is 2.61. The largest absolute Gasteiger partial charge is 0.303 e. The summed E-state index contributed by atoms with van der Waals surface area (Å²) < 4.78 is 27.7. The molecule has 136 valence electrons. The average molecular weight is 382 g/mol. The molecule has 1 aromatic rings. The first-order valence-corrected chi connectivity index (χ1v) is 10.5. The molecule has 0 radical (unpaired) electrons. The predicted octanol–water partition coefficient (Wildman–Crippen LogP) is 3.87. The molecule has 4 rings (SSSR count). The molecule has 0 aromatic heterocycles. The number of hydrogen-bond acceptors (Lipinski definition) is 3. The van der Waals surface area contributed by atoms with Crippen LogP contribution in [0.25, 0.3) is 6.08 Å². The van der Waals surface area contributed by atoms with E-state index in [2.05, 4.69) is 18.6 Å². The Morgan fingerprint density at radius 2 is 1.92 bits per heavy atom. The van der Waals surface area contributed by atoms with Gasteiger partial charge in [0.15, 0.2) is 0 Å². The van der Waals surface area contributed by atoms with Crippen LogP contribution in [0.4, 0.5) is 0 Å². The smallest absolute Gasteiger partial charge is 0.233 e. The van der Waals surface area contributed by atoms with Gasteiger partial charge >= 0.3 is 0 Å². The molecular weight excluding hydrogens is 358 g/mol. The van der Waals surface area contributed by atoms with Crippen molar-refractivity contribution in [2.24, 2.45) is 23.2 Å². The van der Waals surface area contributed by atoms with Crippen molar-refractivity contribution < 1.29 is 13.2 Å². The summed E-state index contributed by atoms with van der Waals surface area (Å²) in [5.74, 6) is 1.01. The Morgan fingerprint density at radius 3 is 2.52 bits per heavy atom. The van der Waals surface area contributed by atoms with Crippen molar-refractivity contribution >= 4 is 34.0 Å². The lowest BCUT2D eigenvalue weighted by molar-refractivity contribution is -0.128. The number of rotatable bonds is 6. The minimum Gasteiger partial charge on any atom is -0.303 e. The average Bonchev–Trinajstić information content (AvgIpc) is 2.55. The van der Waals surface area contributed by atoms with E-state index in [-0.39, 0.29) is 17.4 Å². The van der Waals surface area contributed by atoms with E-state index in [4.69, 9.17) is 11.6 Å². The zero-order valence-corrected chi connectivity index (χ0v) is 16.1. The van der Waals surface area contributed by atoms with Gasteiger partial charge in [-0.05, 0) is 59.8 Å². The van der Waals surface area contributed by atoms with E-state index in [0.717, 1.165) is 24.7 Å². The Morgan fingerprint density at radius 1 is 1.24 bits per heavy atom. The van der Waals surface area contributed by atoms with Gasteiger partial charge in [0.25, 0.3) is 0 Å². The number of fused-ring (bicyclic) bond motifs is 2. The molecule has 1 N–H and O–H groups in total. The molecule has 2 bridgehead atoms. The Hall–Kier alpha value is -1.17. The maximum Gasteiger partial charge on any atom is 0.233 e. The zero-order chi connectivity index (χ0) is 18.2. The molecule has 3 aliphatic rings. The molecule has 0 spiro atoms. The van der Waals surface area contributed by atoms with Crippen molar-refractivity contribution in [3.05, 3.63) is 40.3 Å². The number of aldehydes is 1. The molecule has 3 fully saturated rings. The third kappa shape index (κ3) is 3.83. The van der Waals surface area contributed by atoms with Crippen LogP contribution >= 0.6 is 11.6 Å². The highest BCUT2D eigenvalue weighted by molar-refractivity contribution is 7.92. The van der Waals surface area contributed by atoms with Gasteiger partial charge in [0.1, 0.15) is 6.29 Å². The van der Waals surface area contributed by atoms with Crippen molar-refractivity contribution in [1.29, 1.82) is 0 Å². The van der Waals surface area contributed by atoms with Crippen LogP contribution in [0, 0.1) is 23.2 Å². The third-order valence-electron chi connectivity index (χ3n) is 6.11. The Balaban J connectivity index is 1.71. The minimum absolute atomic E-state index is 0.0798. The van der Waals surface area contributed by atoms with Gasteiger partial charge in [0.2, 0.25) is 10.0 Å². The summed E-state index contributed by atoms with van der Waals surface area (Å²) >= 11 is 5.83. The fourth-order valence-corrected chi connectivity index (χ4v) is 5.75. The van der Waals surface area contributed by atoms with E-state index >= 15 is 0 Å². The van der Waals surface area contributed by atoms with Gasteiger partial charge in [-0.25, -0.2) is 13.1 Å². The molecule has 3 aliphatic carbocycles. The number of benzene rings is 1. The molecular formula is C19H24ClNO3S. The number of nitrogens with one attached hydrogen (secondary N) is 1. The Bertz CT molecular complexity index is 770. The second-order valence-electron chi connectivity index (χ2n) is 7.79. The topological polar surface area (TPSA) is 63.2 Å². The van der Waals surface area contributed by atoms with Crippen LogP contribution in [0.5, 0.6) is 0 Å². The molecule has 0 unspecified atom stereocenters. The van der Waals surface area contributed by atoms with Crippen molar-refractivity contribution in [2.75, 3.05) is 0 Å². The molecule has 0 amide bonds. The first-order chi connectivity index (χ1) is 11.7. The summed E-state index contributed by atoms with van der Waals surface area (Å²) in [6.07, 6.45) is 4.79. The SMILES string of the molecule is CC1(C)[C@H]2C[C@H](NS(=O)(=O)/C=C/c3ccc(Cl)cc3)[C@@H](CC=O)[C@@H]1C2. The Labute approximate surface area is 154 Å². The van der Waals surface area contributed by atoms with Crippen LogP contribution in [-0.4, -0.2) is 20.7 Å². The van der Waals surface area contributed by atoms with Crippen molar-refractivity contribution in [3.8, 4) is 0 Å². The highest BCUT2D eigenvalue weighted by atomic mass is 35.5. The van der Waals surface area contributed by atoms with E-state index in [1.165, 1.54) is 5.41 Å². The normalized spacial score (nSPS) is 30.8. The molecule has 4 atom stereocenters. The van der Waals surface area contributed by atoms with Crippen molar-refractivity contribution in [3.63, 3.8) is 0 Å². The van der Waals surface area contributed by atoms with Crippen LogP contribution in [-0.2, 0) is 14.8 Å². The van der Waals surface area contributed by atoms with Crippen LogP contribution < -0.4 is 4.72 Å². The molecule has 4 nitrogen and oxygen atoms in total. The van der Waals surface area contributed by atoms with Crippen molar-refractivity contribution in [2.45, 2.75) is 39.2 Å². The lowest BCUT2D eigenvalue weighted by Gasteiger charge is -2.62. The first kappa shape index (κ1) is 18.6.